The van der Waals surface area contributed by atoms with Crippen LogP contribution in [-0.2, 0) is 21.2 Å². The van der Waals surface area contributed by atoms with E-state index in [1.807, 2.05) is 6.92 Å². The maximum absolute atomic E-state index is 12.5. The van der Waals surface area contributed by atoms with Gasteiger partial charge in [-0.05, 0) is 61.4 Å². The van der Waals surface area contributed by atoms with Gasteiger partial charge in [-0.25, -0.2) is 8.42 Å². The fourth-order valence-corrected chi connectivity index (χ4v) is 4.56. The Kier molecular flexibility index (Phi) is 4.93. The Morgan fingerprint density at radius 3 is 2.19 bits per heavy atom. The van der Waals surface area contributed by atoms with Gasteiger partial charge in [0.15, 0.2) is 0 Å². The lowest BCUT2D eigenvalue weighted by molar-refractivity contribution is -0.114. The van der Waals surface area contributed by atoms with Crippen molar-refractivity contribution in [1.29, 1.82) is 0 Å². The predicted molar refractivity (Wildman–Crippen MR) is 106 cm³/mol. The molecule has 1 aliphatic rings. The van der Waals surface area contributed by atoms with Gasteiger partial charge in [0.05, 0.1) is 11.9 Å². The second kappa shape index (κ2) is 7.03. The highest BCUT2D eigenvalue weighted by Crippen LogP contribution is 2.34. The van der Waals surface area contributed by atoms with Crippen molar-refractivity contribution in [2.24, 2.45) is 0 Å². The Morgan fingerprint density at radius 2 is 1.63 bits per heavy atom. The molecule has 3 rings (SSSR count). The van der Waals surface area contributed by atoms with Crippen molar-refractivity contribution in [3.8, 4) is 0 Å². The quantitative estimate of drug-likeness (QED) is 0.843. The van der Waals surface area contributed by atoms with E-state index in [9.17, 15) is 18.0 Å². The van der Waals surface area contributed by atoms with Gasteiger partial charge in [-0.15, -0.1) is 0 Å². The van der Waals surface area contributed by atoms with Crippen LogP contribution in [0.2, 0.25) is 0 Å². The maximum Gasteiger partial charge on any atom is 0.255 e. The topological polar surface area (TPSA) is 95.6 Å². The van der Waals surface area contributed by atoms with Crippen molar-refractivity contribution in [1.82, 2.24) is 0 Å². The highest BCUT2D eigenvalue weighted by molar-refractivity contribution is 7.92. The number of nitrogens with zero attached hydrogens (tertiary/aromatic N) is 1. The molecule has 8 heteroatoms. The van der Waals surface area contributed by atoms with E-state index in [1.54, 1.807) is 42.5 Å². The number of carbonyl (C=O) groups excluding carboxylic acids is 2. The summed E-state index contributed by atoms with van der Waals surface area (Å²) in [5.74, 6) is -0.446. The lowest BCUT2D eigenvalue weighted by atomic mass is 10.1. The van der Waals surface area contributed by atoms with Crippen molar-refractivity contribution < 1.29 is 18.0 Å². The molecule has 142 valence electrons. The van der Waals surface area contributed by atoms with Crippen LogP contribution in [0.4, 0.5) is 17.1 Å². The third-order valence-electron chi connectivity index (χ3n) is 4.32. The Morgan fingerprint density at radius 1 is 1.04 bits per heavy atom. The lowest BCUT2D eigenvalue weighted by Gasteiger charge is -2.21. The van der Waals surface area contributed by atoms with Gasteiger partial charge in [0, 0.05) is 29.9 Å². The summed E-state index contributed by atoms with van der Waals surface area (Å²) in [6, 6.07) is 11.7. The molecule has 1 aliphatic heterocycles. The van der Waals surface area contributed by atoms with Gasteiger partial charge in [0.2, 0.25) is 15.9 Å². The molecule has 0 bridgehead atoms. The zero-order valence-electron chi connectivity index (χ0n) is 15.3. The smallest absolute Gasteiger partial charge is 0.255 e. The van der Waals surface area contributed by atoms with Gasteiger partial charge in [0.25, 0.3) is 5.91 Å². The van der Waals surface area contributed by atoms with Crippen molar-refractivity contribution in [3.63, 3.8) is 0 Å². The average Bonchev–Trinajstić information content (AvgIpc) is 2.91. The van der Waals surface area contributed by atoms with Crippen molar-refractivity contribution in [2.45, 2.75) is 26.3 Å². The van der Waals surface area contributed by atoms with E-state index in [0.29, 0.717) is 29.0 Å². The second-order valence-corrected chi connectivity index (χ2v) is 8.53. The molecule has 0 aliphatic carbocycles. The Balaban J connectivity index is 1.77. The second-order valence-electron chi connectivity index (χ2n) is 6.67. The first kappa shape index (κ1) is 18.9. The number of sulfonamides is 1. The van der Waals surface area contributed by atoms with Gasteiger partial charge < -0.3 is 10.6 Å². The Hall–Kier alpha value is -2.87. The Labute approximate surface area is 158 Å². The van der Waals surface area contributed by atoms with E-state index in [2.05, 4.69) is 10.6 Å². The highest BCUT2D eigenvalue weighted by atomic mass is 32.2. The van der Waals surface area contributed by atoms with Crippen molar-refractivity contribution in [3.05, 3.63) is 53.6 Å². The number of fused-ring (bicyclic) bond motifs is 1. The molecule has 7 nitrogen and oxygen atoms in total. The first-order chi connectivity index (χ1) is 12.6. The summed E-state index contributed by atoms with van der Waals surface area (Å²) in [6.45, 7) is 3.27. The number of hydrogen-bond acceptors (Lipinski definition) is 4. The summed E-state index contributed by atoms with van der Waals surface area (Å²) >= 11 is 0. The van der Waals surface area contributed by atoms with Crippen LogP contribution in [0, 0.1) is 0 Å². The molecule has 2 amide bonds. The predicted octanol–water partition coefficient (Wildman–Crippen LogP) is 2.61. The number of nitrogens with one attached hydrogen (secondary N) is 2. The summed E-state index contributed by atoms with van der Waals surface area (Å²) in [6.07, 6.45) is 1.75. The largest absolute Gasteiger partial charge is 0.326 e. The van der Waals surface area contributed by atoms with Gasteiger partial charge in [-0.1, -0.05) is 0 Å². The minimum Gasteiger partial charge on any atom is -0.326 e. The van der Waals surface area contributed by atoms with E-state index in [-0.39, 0.29) is 17.9 Å². The molecule has 2 N–H and O–H groups in total. The first-order valence-corrected chi connectivity index (χ1v) is 10.3. The molecule has 1 heterocycles. The molecule has 0 saturated heterocycles. The fraction of sp³-hybridized carbons (Fsp3) is 0.263. The molecule has 0 saturated carbocycles. The molecule has 0 radical (unpaired) electrons. The van der Waals surface area contributed by atoms with Crippen LogP contribution in [0.5, 0.6) is 0 Å². The third-order valence-corrected chi connectivity index (χ3v) is 5.59. The minimum atomic E-state index is -3.36. The summed E-state index contributed by atoms with van der Waals surface area (Å²) in [5.41, 5.74) is 3.17. The summed E-state index contributed by atoms with van der Waals surface area (Å²) < 4.78 is 25.4. The number of anilines is 3. The van der Waals surface area contributed by atoms with Crippen LogP contribution in [0.25, 0.3) is 0 Å². The van der Waals surface area contributed by atoms with Crippen LogP contribution in [0.3, 0.4) is 0 Å². The average molecular weight is 387 g/mol. The van der Waals surface area contributed by atoms with E-state index >= 15 is 0 Å². The first-order valence-electron chi connectivity index (χ1n) is 8.46. The third kappa shape index (κ3) is 4.11. The number of rotatable bonds is 4. The van der Waals surface area contributed by atoms with Gasteiger partial charge in [-0.3, -0.25) is 13.9 Å². The number of amides is 2. The minimum absolute atomic E-state index is 0.165. The number of benzene rings is 2. The summed E-state index contributed by atoms with van der Waals surface area (Å²) in [4.78, 5) is 23.6. The fourth-order valence-electron chi connectivity index (χ4n) is 3.29. The molecule has 27 heavy (non-hydrogen) atoms. The normalized spacial score (nSPS) is 16.0. The SMILES string of the molecule is CC(=O)Nc1ccc(NC(=O)c2ccc3c(c2)C[C@@H](C)N3S(C)(=O)=O)cc1. The lowest BCUT2D eigenvalue weighted by Crippen LogP contribution is -2.34. The van der Waals surface area contributed by atoms with Crippen LogP contribution in [0.1, 0.15) is 29.8 Å². The van der Waals surface area contributed by atoms with Crippen LogP contribution >= 0.6 is 0 Å². The van der Waals surface area contributed by atoms with Crippen molar-refractivity contribution in [2.75, 3.05) is 21.2 Å². The zero-order valence-corrected chi connectivity index (χ0v) is 16.1. The van der Waals surface area contributed by atoms with E-state index in [0.717, 1.165) is 5.56 Å². The number of hydrogen-bond donors (Lipinski definition) is 2. The van der Waals surface area contributed by atoms with Gasteiger partial charge >= 0.3 is 0 Å². The van der Waals surface area contributed by atoms with Gasteiger partial charge in [0.1, 0.15) is 0 Å². The molecule has 2 aromatic carbocycles. The molecule has 2 aromatic rings. The Bertz CT molecular complexity index is 1000. The van der Waals surface area contributed by atoms with Crippen molar-refractivity contribution >= 4 is 38.9 Å². The molecule has 0 spiro atoms. The van der Waals surface area contributed by atoms with Crippen LogP contribution in [-0.4, -0.2) is 32.5 Å². The molecule has 1 atom stereocenters. The van der Waals surface area contributed by atoms with E-state index < -0.39 is 10.0 Å². The molecular weight excluding hydrogens is 366 g/mol. The van der Waals surface area contributed by atoms with E-state index in [4.69, 9.17) is 0 Å². The molecule has 0 fully saturated rings. The molecular formula is C19H21N3O4S. The maximum atomic E-state index is 12.5. The molecule has 0 unspecified atom stereocenters. The van der Waals surface area contributed by atoms with Crippen LogP contribution < -0.4 is 14.9 Å². The highest BCUT2D eigenvalue weighted by Gasteiger charge is 2.32. The monoisotopic (exact) mass is 387 g/mol. The van der Waals surface area contributed by atoms with E-state index in [1.165, 1.54) is 17.5 Å². The molecule has 0 aromatic heterocycles. The standard InChI is InChI=1S/C19H21N3O4S/c1-12-10-15-11-14(4-9-18(15)22(12)27(3,25)26)19(24)21-17-7-5-16(6-8-17)20-13(2)23/h4-9,11-12H,10H2,1-3H3,(H,20,23)(H,21,24)/t12-/m1/s1. The number of carbonyl (C=O) groups is 2. The van der Waals surface area contributed by atoms with Gasteiger partial charge in [-0.2, -0.15) is 0 Å². The zero-order chi connectivity index (χ0) is 19.8. The summed E-state index contributed by atoms with van der Waals surface area (Å²) in [5, 5.41) is 5.46. The summed E-state index contributed by atoms with van der Waals surface area (Å²) in [7, 11) is -3.36. The van der Waals surface area contributed by atoms with Crippen LogP contribution in [0.15, 0.2) is 42.5 Å².